The summed E-state index contributed by atoms with van der Waals surface area (Å²) >= 11 is 5.90. The molecule has 1 atom stereocenters. The average molecular weight is 478 g/mol. The first-order chi connectivity index (χ1) is 15.4. The highest BCUT2D eigenvalue weighted by molar-refractivity contribution is 7.89. The van der Waals surface area contributed by atoms with E-state index in [-0.39, 0.29) is 17.3 Å². The van der Waals surface area contributed by atoms with Gasteiger partial charge in [-0.3, -0.25) is 4.79 Å². The minimum Gasteiger partial charge on any atom is -0.383 e. The van der Waals surface area contributed by atoms with E-state index in [9.17, 15) is 13.2 Å². The van der Waals surface area contributed by atoms with E-state index in [2.05, 4.69) is 15.6 Å². The zero-order chi connectivity index (χ0) is 22.7. The summed E-state index contributed by atoms with van der Waals surface area (Å²) in [4.78, 5) is 13.1. The van der Waals surface area contributed by atoms with Gasteiger partial charge in [0.05, 0.1) is 23.6 Å². The molecule has 1 amide bonds. The SMILES string of the molecule is COCCn1nnc2cc(S(=O)(=O)N3CCCCC3C(=O)Nc3ccc(Cl)cc3)ccc21. The summed E-state index contributed by atoms with van der Waals surface area (Å²) in [7, 11) is -2.31. The van der Waals surface area contributed by atoms with Gasteiger partial charge in [0.2, 0.25) is 15.9 Å². The van der Waals surface area contributed by atoms with Crippen LogP contribution in [0.4, 0.5) is 5.69 Å². The summed E-state index contributed by atoms with van der Waals surface area (Å²) in [5.74, 6) is -0.359. The van der Waals surface area contributed by atoms with Crippen LogP contribution in [0.1, 0.15) is 19.3 Å². The Morgan fingerprint density at radius 2 is 2.00 bits per heavy atom. The first-order valence-corrected chi connectivity index (χ1v) is 12.1. The normalized spacial score (nSPS) is 17.5. The van der Waals surface area contributed by atoms with Crippen molar-refractivity contribution < 1.29 is 17.9 Å². The van der Waals surface area contributed by atoms with Crippen molar-refractivity contribution in [2.75, 3.05) is 25.6 Å². The number of fused-ring (bicyclic) bond motifs is 1. The average Bonchev–Trinajstić information content (AvgIpc) is 3.21. The number of anilines is 1. The number of nitrogens with one attached hydrogen (secondary N) is 1. The van der Waals surface area contributed by atoms with Crippen molar-refractivity contribution in [2.24, 2.45) is 0 Å². The zero-order valence-electron chi connectivity index (χ0n) is 17.6. The molecule has 3 aromatic rings. The highest BCUT2D eigenvalue weighted by Crippen LogP contribution is 2.28. The van der Waals surface area contributed by atoms with Crippen LogP contribution in [0.2, 0.25) is 5.02 Å². The molecule has 0 spiro atoms. The number of hydrogen-bond acceptors (Lipinski definition) is 6. The number of ether oxygens (including phenoxy) is 1. The lowest BCUT2D eigenvalue weighted by atomic mass is 10.0. The lowest BCUT2D eigenvalue weighted by Crippen LogP contribution is -2.49. The summed E-state index contributed by atoms with van der Waals surface area (Å²) < 4.78 is 35.0. The molecule has 1 aliphatic heterocycles. The third kappa shape index (κ3) is 4.63. The van der Waals surface area contributed by atoms with Gasteiger partial charge in [0.1, 0.15) is 11.6 Å². The Morgan fingerprint density at radius 3 is 2.75 bits per heavy atom. The monoisotopic (exact) mass is 477 g/mol. The van der Waals surface area contributed by atoms with E-state index in [0.717, 1.165) is 11.9 Å². The molecule has 9 nitrogen and oxygen atoms in total. The van der Waals surface area contributed by atoms with E-state index in [1.54, 1.807) is 42.1 Å². The van der Waals surface area contributed by atoms with Crippen LogP contribution >= 0.6 is 11.6 Å². The molecule has 0 aliphatic carbocycles. The number of piperidine rings is 1. The van der Waals surface area contributed by atoms with Gasteiger partial charge in [-0.2, -0.15) is 4.31 Å². The predicted octanol–water partition coefficient (Wildman–Crippen LogP) is 2.91. The Kier molecular flexibility index (Phi) is 6.75. The molecule has 1 fully saturated rings. The van der Waals surface area contributed by atoms with Gasteiger partial charge in [-0.05, 0) is 55.3 Å². The van der Waals surface area contributed by atoms with Crippen molar-refractivity contribution in [2.45, 2.75) is 36.7 Å². The molecule has 32 heavy (non-hydrogen) atoms. The largest absolute Gasteiger partial charge is 0.383 e. The van der Waals surface area contributed by atoms with Crippen LogP contribution in [-0.4, -0.2) is 59.9 Å². The molecule has 170 valence electrons. The molecule has 0 bridgehead atoms. The maximum Gasteiger partial charge on any atom is 0.243 e. The van der Waals surface area contributed by atoms with Crippen LogP contribution in [0.15, 0.2) is 47.4 Å². The molecule has 0 saturated carbocycles. The summed E-state index contributed by atoms with van der Waals surface area (Å²) in [6.45, 7) is 1.26. The molecule has 4 rings (SSSR count). The second-order valence-electron chi connectivity index (χ2n) is 7.58. The van der Waals surface area contributed by atoms with Crippen LogP contribution in [0, 0.1) is 0 Å². The quantitative estimate of drug-likeness (QED) is 0.560. The fraction of sp³-hybridized carbons (Fsp3) is 0.381. The molecule has 2 aromatic carbocycles. The van der Waals surface area contributed by atoms with E-state index >= 15 is 0 Å². The third-order valence-corrected chi connectivity index (χ3v) is 7.62. The van der Waals surface area contributed by atoms with Gasteiger partial charge in [0.25, 0.3) is 0 Å². The van der Waals surface area contributed by atoms with E-state index in [1.807, 2.05) is 0 Å². The van der Waals surface area contributed by atoms with Gasteiger partial charge in [-0.1, -0.05) is 23.2 Å². The lowest BCUT2D eigenvalue weighted by Gasteiger charge is -2.33. The van der Waals surface area contributed by atoms with Crippen molar-refractivity contribution in [3.8, 4) is 0 Å². The molecular weight excluding hydrogens is 454 g/mol. The Labute approximate surface area is 191 Å². The Hall–Kier alpha value is -2.53. The van der Waals surface area contributed by atoms with Crippen LogP contribution in [-0.2, 0) is 26.1 Å². The molecule has 1 saturated heterocycles. The van der Waals surface area contributed by atoms with Gasteiger partial charge in [-0.25, -0.2) is 13.1 Å². The zero-order valence-corrected chi connectivity index (χ0v) is 19.1. The maximum atomic E-state index is 13.5. The molecule has 1 N–H and O–H groups in total. The van der Waals surface area contributed by atoms with E-state index in [4.69, 9.17) is 16.3 Å². The van der Waals surface area contributed by atoms with Crippen molar-refractivity contribution in [1.29, 1.82) is 0 Å². The number of rotatable bonds is 7. The number of aromatic nitrogens is 3. The Balaban J connectivity index is 1.59. The fourth-order valence-electron chi connectivity index (χ4n) is 3.80. The third-order valence-electron chi connectivity index (χ3n) is 5.47. The Bertz CT molecular complexity index is 1210. The number of nitrogens with zero attached hydrogens (tertiary/aromatic N) is 4. The molecule has 11 heteroatoms. The highest BCUT2D eigenvalue weighted by Gasteiger charge is 2.38. The van der Waals surface area contributed by atoms with Crippen LogP contribution in [0.25, 0.3) is 11.0 Å². The second kappa shape index (κ2) is 9.53. The van der Waals surface area contributed by atoms with Crippen molar-refractivity contribution >= 4 is 44.3 Å². The number of carbonyl (C=O) groups is 1. The van der Waals surface area contributed by atoms with Crippen LogP contribution in [0.3, 0.4) is 0 Å². The van der Waals surface area contributed by atoms with Crippen molar-refractivity contribution in [3.05, 3.63) is 47.5 Å². The molecule has 1 aliphatic rings. The first kappa shape index (κ1) is 22.7. The molecule has 2 heterocycles. The Morgan fingerprint density at radius 1 is 1.22 bits per heavy atom. The number of sulfonamides is 1. The number of halogens is 1. The van der Waals surface area contributed by atoms with Gasteiger partial charge in [0, 0.05) is 24.4 Å². The van der Waals surface area contributed by atoms with Crippen LogP contribution < -0.4 is 5.32 Å². The fourth-order valence-corrected chi connectivity index (χ4v) is 5.61. The summed E-state index contributed by atoms with van der Waals surface area (Å²) in [5.41, 5.74) is 1.76. The van der Waals surface area contributed by atoms with Gasteiger partial charge < -0.3 is 10.1 Å². The molecule has 0 radical (unpaired) electrons. The minimum absolute atomic E-state index is 0.0926. The first-order valence-electron chi connectivity index (χ1n) is 10.3. The summed E-state index contributed by atoms with van der Waals surface area (Å²) in [6, 6.07) is 10.6. The molecule has 1 unspecified atom stereocenters. The predicted molar refractivity (Wildman–Crippen MR) is 121 cm³/mol. The standard InChI is InChI=1S/C21H24ClN5O4S/c1-31-13-12-26-19-10-9-17(14-18(19)24-25-26)32(29,30)27-11-3-2-4-20(27)21(28)23-16-7-5-15(22)6-8-16/h5-10,14,20H,2-4,11-13H2,1H3,(H,23,28). The number of methoxy groups -OCH3 is 1. The topological polar surface area (TPSA) is 106 Å². The van der Waals surface area contributed by atoms with E-state index in [1.165, 1.54) is 16.4 Å². The highest BCUT2D eigenvalue weighted by atomic mass is 35.5. The van der Waals surface area contributed by atoms with Gasteiger partial charge in [-0.15, -0.1) is 5.10 Å². The summed E-state index contributed by atoms with van der Waals surface area (Å²) in [6.07, 6.45) is 1.92. The summed E-state index contributed by atoms with van der Waals surface area (Å²) in [5, 5.41) is 11.5. The smallest absolute Gasteiger partial charge is 0.243 e. The van der Waals surface area contributed by atoms with Crippen molar-refractivity contribution in [1.82, 2.24) is 19.3 Å². The molecule has 1 aromatic heterocycles. The number of amides is 1. The number of carbonyl (C=O) groups excluding carboxylic acids is 1. The van der Waals surface area contributed by atoms with E-state index in [0.29, 0.717) is 42.2 Å². The number of benzene rings is 2. The number of hydrogen-bond donors (Lipinski definition) is 1. The maximum absolute atomic E-state index is 13.5. The van der Waals surface area contributed by atoms with Gasteiger partial charge >= 0.3 is 0 Å². The van der Waals surface area contributed by atoms with Gasteiger partial charge in [0.15, 0.2) is 0 Å². The van der Waals surface area contributed by atoms with Crippen LogP contribution in [0.5, 0.6) is 0 Å². The molecular formula is C21H24ClN5O4S. The van der Waals surface area contributed by atoms with Crippen molar-refractivity contribution in [3.63, 3.8) is 0 Å². The second-order valence-corrected chi connectivity index (χ2v) is 9.91. The lowest BCUT2D eigenvalue weighted by molar-refractivity contribution is -0.120. The van der Waals surface area contributed by atoms with E-state index < -0.39 is 16.1 Å². The minimum atomic E-state index is -3.90.